The van der Waals surface area contributed by atoms with Gasteiger partial charge in [-0.2, -0.15) is 0 Å². The van der Waals surface area contributed by atoms with Crippen LogP contribution in [0.5, 0.6) is 0 Å². The van der Waals surface area contributed by atoms with Crippen molar-refractivity contribution in [2.24, 2.45) is 0 Å². The lowest BCUT2D eigenvalue weighted by atomic mass is 10.2. The van der Waals surface area contributed by atoms with Crippen LogP contribution in [0.3, 0.4) is 0 Å². The molecule has 0 aliphatic rings. The van der Waals surface area contributed by atoms with Gasteiger partial charge in [0.1, 0.15) is 0 Å². The predicted molar refractivity (Wildman–Crippen MR) is 80.4 cm³/mol. The van der Waals surface area contributed by atoms with Crippen LogP contribution in [0.25, 0.3) is 0 Å². The molecular formula is C15H28N2O3. The van der Waals surface area contributed by atoms with Gasteiger partial charge < -0.3 is 14.5 Å². The third-order valence-electron chi connectivity index (χ3n) is 2.65. The van der Waals surface area contributed by atoms with Crippen LogP contribution in [0, 0.1) is 0 Å². The summed E-state index contributed by atoms with van der Waals surface area (Å²) >= 11 is 0. The van der Waals surface area contributed by atoms with E-state index in [0.717, 1.165) is 18.5 Å². The molecular weight excluding hydrogens is 256 g/mol. The number of nitrogens with zero attached hydrogens (tertiary/aromatic N) is 2. The zero-order valence-corrected chi connectivity index (χ0v) is 13.4. The van der Waals surface area contributed by atoms with E-state index in [9.17, 15) is 9.59 Å². The molecule has 0 unspecified atom stereocenters. The lowest BCUT2D eigenvalue weighted by Crippen LogP contribution is -2.34. The van der Waals surface area contributed by atoms with Gasteiger partial charge in [-0.25, -0.2) is 0 Å². The van der Waals surface area contributed by atoms with Crippen LogP contribution in [-0.4, -0.2) is 62.0 Å². The summed E-state index contributed by atoms with van der Waals surface area (Å²) < 4.78 is 4.90. The third kappa shape index (κ3) is 9.55. The molecule has 20 heavy (non-hydrogen) atoms. The van der Waals surface area contributed by atoms with E-state index in [1.54, 1.807) is 17.9 Å². The first-order chi connectivity index (χ1) is 9.36. The average Bonchev–Trinajstić information content (AvgIpc) is 2.32. The Hall–Kier alpha value is -1.36. The minimum absolute atomic E-state index is 0.0342. The number of ether oxygens (including phenoxy) is 1. The minimum Gasteiger partial charge on any atom is -0.466 e. The molecule has 0 atom stereocenters. The van der Waals surface area contributed by atoms with Crippen molar-refractivity contribution in [1.29, 1.82) is 0 Å². The highest BCUT2D eigenvalue weighted by molar-refractivity contribution is 5.88. The first-order valence-corrected chi connectivity index (χ1v) is 7.11. The van der Waals surface area contributed by atoms with Crippen LogP contribution in [0.2, 0.25) is 0 Å². The van der Waals surface area contributed by atoms with Gasteiger partial charge in [0.2, 0.25) is 5.91 Å². The molecule has 116 valence electrons. The molecule has 0 aliphatic carbocycles. The monoisotopic (exact) mass is 284 g/mol. The molecule has 5 heteroatoms. The highest BCUT2D eigenvalue weighted by atomic mass is 16.5. The van der Waals surface area contributed by atoms with Crippen molar-refractivity contribution in [3.05, 3.63) is 11.6 Å². The summed E-state index contributed by atoms with van der Waals surface area (Å²) in [6, 6.07) is 0. The molecule has 0 fully saturated rings. The standard InChI is InChI=1S/C15H28N2O3/c1-6-20-15(19)8-11-17(10-7-9-16(4)5)14(18)12-13(2)3/h12H,6-11H2,1-5H3. The number of hydrogen-bond acceptors (Lipinski definition) is 4. The van der Waals surface area contributed by atoms with E-state index < -0.39 is 0 Å². The summed E-state index contributed by atoms with van der Waals surface area (Å²) in [6.45, 7) is 7.91. The number of hydrogen-bond donors (Lipinski definition) is 0. The summed E-state index contributed by atoms with van der Waals surface area (Å²) in [6.07, 6.45) is 2.75. The van der Waals surface area contributed by atoms with Gasteiger partial charge in [-0.1, -0.05) is 5.57 Å². The van der Waals surface area contributed by atoms with E-state index in [1.165, 1.54) is 0 Å². The zero-order chi connectivity index (χ0) is 15.5. The Morgan fingerprint density at radius 1 is 1.10 bits per heavy atom. The molecule has 0 radical (unpaired) electrons. The molecule has 1 amide bonds. The van der Waals surface area contributed by atoms with Crippen LogP contribution in [0.4, 0.5) is 0 Å². The summed E-state index contributed by atoms with van der Waals surface area (Å²) in [7, 11) is 4.00. The summed E-state index contributed by atoms with van der Waals surface area (Å²) in [5, 5.41) is 0. The van der Waals surface area contributed by atoms with Crippen LogP contribution in [-0.2, 0) is 14.3 Å². The number of carbonyl (C=O) groups excluding carboxylic acids is 2. The molecule has 0 saturated heterocycles. The van der Waals surface area contributed by atoms with Gasteiger partial charge in [-0.05, 0) is 47.8 Å². The number of allylic oxidation sites excluding steroid dienone is 1. The van der Waals surface area contributed by atoms with Gasteiger partial charge >= 0.3 is 5.97 Å². The van der Waals surface area contributed by atoms with Crippen molar-refractivity contribution in [2.45, 2.75) is 33.6 Å². The van der Waals surface area contributed by atoms with Gasteiger partial charge in [0.15, 0.2) is 0 Å². The molecule has 0 aromatic carbocycles. The maximum absolute atomic E-state index is 12.1. The van der Waals surface area contributed by atoms with E-state index in [1.807, 2.05) is 27.9 Å². The normalized spacial score (nSPS) is 10.3. The van der Waals surface area contributed by atoms with Crippen molar-refractivity contribution in [1.82, 2.24) is 9.80 Å². The van der Waals surface area contributed by atoms with Crippen LogP contribution < -0.4 is 0 Å². The first-order valence-electron chi connectivity index (χ1n) is 7.11. The Morgan fingerprint density at radius 3 is 2.25 bits per heavy atom. The second-order valence-corrected chi connectivity index (χ2v) is 5.26. The zero-order valence-electron chi connectivity index (χ0n) is 13.4. The fraction of sp³-hybridized carbons (Fsp3) is 0.733. The molecule has 0 heterocycles. The quantitative estimate of drug-likeness (QED) is 0.477. The van der Waals surface area contributed by atoms with Crippen LogP contribution in [0.1, 0.15) is 33.6 Å². The van der Waals surface area contributed by atoms with Gasteiger partial charge in [-0.3, -0.25) is 9.59 Å². The third-order valence-corrected chi connectivity index (χ3v) is 2.65. The summed E-state index contributed by atoms with van der Waals surface area (Å²) in [5.74, 6) is -0.289. The lowest BCUT2D eigenvalue weighted by Gasteiger charge is -2.22. The van der Waals surface area contributed by atoms with Crippen molar-refractivity contribution in [3.8, 4) is 0 Å². The van der Waals surface area contributed by atoms with Crippen molar-refractivity contribution in [3.63, 3.8) is 0 Å². The largest absolute Gasteiger partial charge is 0.466 e. The Bertz CT molecular complexity index is 334. The highest BCUT2D eigenvalue weighted by Gasteiger charge is 2.13. The smallest absolute Gasteiger partial charge is 0.307 e. The first kappa shape index (κ1) is 18.6. The predicted octanol–water partition coefficient (Wildman–Crippen LogP) is 1.69. The van der Waals surface area contributed by atoms with Crippen molar-refractivity contribution >= 4 is 11.9 Å². The molecule has 0 rings (SSSR count). The Labute approximate surface area is 122 Å². The average molecular weight is 284 g/mol. The van der Waals surface area contributed by atoms with Gasteiger partial charge in [0.25, 0.3) is 0 Å². The second-order valence-electron chi connectivity index (χ2n) is 5.26. The fourth-order valence-corrected chi connectivity index (χ4v) is 1.71. The topological polar surface area (TPSA) is 49.9 Å². The fourth-order valence-electron chi connectivity index (χ4n) is 1.71. The van der Waals surface area contributed by atoms with Gasteiger partial charge in [0, 0.05) is 19.2 Å². The highest BCUT2D eigenvalue weighted by Crippen LogP contribution is 2.01. The maximum Gasteiger partial charge on any atom is 0.307 e. The molecule has 0 bridgehead atoms. The Balaban J connectivity index is 4.42. The van der Waals surface area contributed by atoms with E-state index in [2.05, 4.69) is 4.90 Å². The van der Waals surface area contributed by atoms with E-state index in [-0.39, 0.29) is 18.3 Å². The second kappa shape index (κ2) is 10.4. The van der Waals surface area contributed by atoms with E-state index >= 15 is 0 Å². The number of amides is 1. The summed E-state index contributed by atoms with van der Waals surface area (Å²) in [5.41, 5.74) is 0.962. The number of rotatable bonds is 9. The van der Waals surface area contributed by atoms with Crippen LogP contribution in [0.15, 0.2) is 11.6 Å². The van der Waals surface area contributed by atoms with Gasteiger partial charge in [0.05, 0.1) is 13.0 Å². The molecule has 0 aromatic rings. The molecule has 0 aromatic heterocycles. The maximum atomic E-state index is 12.1. The number of esters is 1. The molecule has 0 N–H and O–H groups in total. The molecule has 0 aliphatic heterocycles. The number of carbonyl (C=O) groups is 2. The van der Waals surface area contributed by atoms with Crippen molar-refractivity contribution in [2.75, 3.05) is 40.3 Å². The van der Waals surface area contributed by atoms with Gasteiger partial charge in [-0.15, -0.1) is 0 Å². The Kier molecular flexibility index (Phi) is 9.72. The molecule has 0 saturated carbocycles. The van der Waals surface area contributed by atoms with Crippen LogP contribution >= 0.6 is 0 Å². The minimum atomic E-state index is -0.255. The molecule has 0 spiro atoms. The lowest BCUT2D eigenvalue weighted by molar-refractivity contribution is -0.143. The van der Waals surface area contributed by atoms with Crippen molar-refractivity contribution < 1.29 is 14.3 Å². The Morgan fingerprint density at radius 2 is 1.75 bits per heavy atom. The van der Waals surface area contributed by atoms with E-state index in [0.29, 0.717) is 19.7 Å². The SMILES string of the molecule is CCOC(=O)CCN(CCCN(C)C)C(=O)C=C(C)C. The summed E-state index contributed by atoms with van der Waals surface area (Å²) in [4.78, 5) is 27.3. The molecule has 5 nitrogen and oxygen atoms in total. The van der Waals surface area contributed by atoms with E-state index in [4.69, 9.17) is 4.74 Å².